The van der Waals surface area contributed by atoms with E-state index in [1.54, 1.807) is 0 Å². The second-order valence-electron chi connectivity index (χ2n) is 6.11. The summed E-state index contributed by atoms with van der Waals surface area (Å²) in [4.78, 5) is 0. The number of ether oxygens (including phenoxy) is 2. The molecule has 0 aromatic carbocycles. The molecule has 0 amide bonds. The van der Waals surface area contributed by atoms with Gasteiger partial charge in [0.05, 0.1) is 24.5 Å². The maximum Gasteiger partial charge on any atom is 0.0876 e. The summed E-state index contributed by atoms with van der Waals surface area (Å²) >= 11 is 0. The number of methoxy groups -OCH3 is 1. The van der Waals surface area contributed by atoms with Crippen LogP contribution in [0.25, 0.3) is 0 Å². The minimum Gasteiger partial charge on any atom is -0.501 e. The Morgan fingerprint density at radius 2 is 2.21 bits per heavy atom. The van der Waals surface area contributed by atoms with Crippen LogP contribution in [0.3, 0.4) is 0 Å². The Morgan fingerprint density at radius 1 is 1.47 bits per heavy atom. The molecule has 0 radical (unpaired) electrons. The molecule has 1 heterocycles. The zero-order valence-corrected chi connectivity index (χ0v) is 12.7. The summed E-state index contributed by atoms with van der Waals surface area (Å²) in [6, 6.07) is 0.315. The first-order valence-corrected chi connectivity index (χ1v) is 7.81. The van der Waals surface area contributed by atoms with Crippen molar-refractivity contribution in [3.8, 4) is 0 Å². The van der Waals surface area contributed by atoms with E-state index in [1.807, 2.05) is 13.4 Å². The molecule has 1 unspecified atom stereocenters. The number of likely N-dealkylation sites (N-methyl/N-ethyl adjacent to an activating group) is 1. The quantitative estimate of drug-likeness (QED) is 0.829. The van der Waals surface area contributed by atoms with Crippen molar-refractivity contribution in [1.29, 1.82) is 0 Å². The van der Waals surface area contributed by atoms with Crippen molar-refractivity contribution in [2.24, 2.45) is 5.92 Å². The molecule has 110 valence electrons. The lowest BCUT2D eigenvalue weighted by Gasteiger charge is -2.45. The SMILES string of the molecule is CCNC(C1=COCCC1)C1(OC)CCC(C)CC1. The van der Waals surface area contributed by atoms with Gasteiger partial charge in [0, 0.05) is 7.11 Å². The average Bonchev–Trinajstić information content (AvgIpc) is 2.47. The van der Waals surface area contributed by atoms with Crippen LogP contribution in [0.5, 0.6) is 0 Å². The highest BCUT2D eigenvalue weighted by atomic mass is 16.5. The van der Waals surface area contributed by atoms with Gasteiger partial charge in [-0.25, -0.2) is 0 Å². The lowest BCUT2D eigenvalue weighted by Crippen LogP contribution is -2.55. The molecule has 3 heteroatoms. The third-order valence-electron chi connectivity index (χ3n) is 4.79. The Kier molecular flexibility index (Phi) is 5.28. The van der Waals surface area contributed by atoms with Crippen LogP contribution in [-0.2, 0) is 9.47 Å². The van der Waals surface area contributed by atoms with Gasteiger partial charge in [-0.2, -0.15) is 0 Å². The highest BCUT2D eigenvalue weighted by Gasteiger charge is 2.43. The van der Waals surface area contributed by atoms with Crippen molar-refractivity contribution in [3.05, 3.63) is 11.8 Å². The predicted molar refractivity (Wildman–Crippen MR) is 78.1 cm³/mol. The number of hydrogen-bond acceptors (Lipinski definition) is 3. The molecule has 1 saturated carbocycles. The van der Waals surface area contributed by atoms with Gasteiger partial charge >= 0.3 is 0 Å². The fourth-order valence-electron chi connectivity index (χ4n) is 3.52. The van der Waals surface area contributed by atoms with Crippen LogP contribution in [0.15, 0.2) is 11.8 Å². The van der Waals surface area contributed by atoms with Crippen LogP contribution in [0, 0.1) is 5.92 Å². The van der Waals surface area contributed by atoms with E-state index in [9.17, 15) is 0 Å². The fraction of sp³-hybridized carbons (Fsp3) is 0.875. The van der Waals surface area contributed by atoms with Gasteiger partial charge in [0.2, 0.25) is 0 Å². The topological polar surface area (TPSA) is 30.5 Å². The molecule has 19 heavy (non-hydrogen) atoms. The largest absolute Gasteiger partial charge is 0.501 e. The molecule has 1 aliphatic carbocycles. The Hall–Kier alpha value is -0.540. The molecular formula is C16H29NO2. The maximum absolute atomic E-state index is 6.04. The highest BCUT2D eigenvalue weighted by molar-refractivity contribution is 5.18. The normalized spacial score (nSPS) is 33.4. The lowest BCUT2D eigenvalue weighted by molar-refractivity contribution is -0.0677. The van der Waals surface area contributed by atoms with Crippen LogP contribution in [0.4, 0.5) is 0 Å². The summed E-state index contributed by atoms with van der Waals surface area (Å²) in [5, 5.41) is 3.66. The maximum atomic E-state index is 6.04. The Bertz CT molecular complexity index is 306. The van der Waals surface area contributed by atoms with Gasteiger partial charge in [-0.3, -0.25) is 0 Å². The van der Waals surface area contributed by atoms with Gasteiger partial charge in [-0.05, 0) is 56.6 Å². The van der Waals surface area contributed by atoms with E-state index >= 15 is 0 Å². The van der Waals surface area contributed by atoms with Crippen LogP contribution in [0.2, 0.25) is 0 Å². The number of nitrogens with one attached hydrogen (secondary N) is 1. The van der Waals surface area contributed by atoms with Crippen molar-refractivity contribution in [2.75, 3.05) is 20.3 Å². The molecule has 1 aliphatic heterocycles. The molecule has 1 fully saturated rings. The molecule has 2 aliphatic rings. The lowest BCUT2D eigenvalue weighted by atomic mass is 9.72. The monoisotopic (exact) mass is 267 g/mol. The van der Waals surface area contributed by atoms with Crippen molar-refractivity contribution >= 4 is 0 Å². The van der Waals surface area contributed by atoms with Gasteiger partial charge in [-0.1, -0.05) is 13.8 Å². The Morgan fingerprint density at radius 3 is 2.74 bits per heavy atom. The van der Waals surface area contributed by atoms with Crippen molar-refractivity contribution < 1.29 is 9.47 Å². The molecule has 0 bridgehead atoms. The Balaban J connectivity index is 2.17. The molecular weight excluding hydrogens is 238 g/mol. The zero-order chi connectivity index (χ0) is 13.7. The van der Waals surface area contributed by atoms with Crippen LogP contribution >= 0.6 is 0 Å². The third kappa shape index (κ3) is 3.32. The fourth-order valence-corrected chi connectivity index (χ4v) is 3.52. The van der Waals surface area contributed by atoms with Crippen molar-refractivity contribution in [3.63, 3.8) is 0 Å². The second kappa shape index (κ2) is 6.76. The second-order valence-corrected chi connectivity index (χ2v) is 6.11. The summed E-state index contributed by atoms with van der Waals surface area (Å²) < 4.78 is 11.6. The summed E-state index contributed by atoms with van der Waals surface area (Å²) in [7, 11) is 1.88. The molecule has 2 rings (SSSR count). The summed E-state index contributed by atoms with van der Waals surface area (Å²) in [6.45, 7) is 6.36. The van der Waals surface area contributed by atoms with Crippen molar-refractivity contribution in [1.82, 2.24) is 5.32 Å². The molecule has 1 N–H and O–H groups in total. The van der Waals surface area contributed by atoms with E-state index < -0.39 is 0 Å². The van der Waals surface area contributed by atoms with E-state index in [0.29, 0.717) is 6.04 Å². The van der Waals surface area contributed by atoms with E-state index in [1.165, 1.54) is 18.4 Å². The van der Waals surface area contributed by atoms with Crippen molar-refractivity contribution in [2.45, 2.75) is 64.0 Å². The van der Waals surface area contributed by atoms with Gasteiger partial charge in [0.15, 0.2) is 0 Å². The number of rotatable bonds is 5. The van der Waals surface area contributed by atoms with Crippen LogP contribution in [0.1, 0.15) is 52.4 Å². The van der Waals surface area contributed by atoms with E-state index in [4.69, 9.17) is 9.47 Å². The standard InChI is InChI=1S/C16H29NO2/c1-4-17-15(14-6-5-11-19-12-14)16(18-3)9-7-13(2)8-10-16/h12-13,15,17H,4-11H2,1-3H3. The molecule has 0 aromatic heterocycles. The van der Waals surface area contributed by atoms with Crippen LogP contribution in [-0.4, -0.2) is 31.9 Å². The minimum absolute atomic E-state index is 0.0327. The summed E-state index contributed by atoms with van der Waals surface area (Å²) in [6.07, 6.45) is 9.09. The summed E-state index contributed by atoms with van der Waals surface area (Å²) in [5.74, 6) is 0.835. The smallest absolute Gasteiger partial charge is 0.0876 e. The first-order chi connectivity index (χ1) is 9.22. The van der Waals surface area contributed by atoms with Gasteiger partial charge in [-0.15, -0.1) is 0 Å². The third-order valence-corrected chi connectivity index (χ3v) is 4.79. The van der Waals surface area contributed by atoms with E-state index in [2.05, 4.69) is 19.2 Å². The van der Waals surface area contributed by atoms with Crippen LogP contribution < -0.4 is 5.32 Å². The molecule has 0 aromatic rings. The molecule has 0 saturated heterocycles. The molecule has 1 atom stereocenters. The molecule has 0 spiro atoms. The molecule has 3 nitrogen and oxygen atoms in total. The van der Waals surface area contributed by atoms with E-state index in [-0.39, 0.29) is 5.60 Å². The first-order valence-electron chi connectivity index (χ1n) is 7.81. The number of hydrogen-bond donors (Lipinski definition) is 1. The highest BCUT2D eigenvalue weighted by Crippen LogP contribution is 2.40. The average molecular weight is 267 g/mol. The Labute approximate surface area is 117 Å². The van der Waals surface area contributed by atoms with Gasteiger partial charge < -0.3 is 14.8 Å². The van der Waals surface area contributed by atoms with Gasteiger partial charge in [0.25, 0.3) is 0 Å². The first kappa shape index (κ1) is 14.9. The minimum atomic E-state index is -0.0327. The van der Waals surface area contributed by atoms with Gasteiger partial charge in [0.1, 0.15) is 0 Å². The summed E-state index contributed by atoms with van der Waals surface area (Å²) in [5.41, 5.74) is 1.36. The zero-order valence-electron chi connectivity index (χ0n) is 12.7. The van der Waals surface area contributed by atoms with E-state index in [0.717, 1.165) is 44.8 Å². The predicted octanol–water partition coefficient (Wildman–Crippen LogP) is 3.25.